The predicted octanol–water partition coefficient (Wildman–Crippen LogP) is 3.38. The third-order valence-corrected chi connectivity index (χ3v) is 5.75. The first-order valence-corrected chi connectivity index (χ1v) is 9.81. The highest BCUT2D eigenvalue weighted by Crippen LogP contribution is 2.48. The SMILES string of the molecule is COc1cc(C(c2cc(OC)c(OC)c(OC)c2)C2COC(=O)C2C)cc(O)c1OC. The van der Waals surface area contributed by atoms with Crippen LogP contribution in [0.15, 0.2) is 24.3 Å². The largest absolute Gasteiger partial charge is 0.504 e. The normalized spacial score (nSPS) is 18.8. The van der Waals surface area contributed by atoms with E-state index in [0.717, 1.165) is 11.1 Å². The topological polar surface area (TPSA) is 92.7 Å². The number of benzene rings is 2. The molecule has 1 heterocycles. The molecule has 0 aromatic heterocycles. The molecule has 0 spiro atoms. The van der Waals surface area contributed by atoms with E-state index < -0.39 is 0 Å². The Kier molecular flexibility index (Phi) is 6.68. The van der Waals surface area contributed by atoms with E-state index in [2.05, 4.69) is 0 Å². The highest BCUT2D eigenvalue weighted by atomic mass is 16.5. The molecule has 3 rings (SSSR count). The highest BCUT2D eigenvalue weighted by molar-refractivity contribution is 5.75. The van der Waals surface area contributed by atoms with Crippen molar-refractivity contribution in [3.05, 3.63) is 35.4 Å². The lowest BCUT2D eigenvalue weighted by Crippen LogP contribution is -2.22. The number of phenolic OH excluding ortho intramolecular Hbond substituents is 1. The number of phenols is 1. The summed E-state index contributed by atoms with van der Waals surface area (Å²) in [7, 11) is 7.58. The van der Waals surface area contributed by atoms with E-state index in [9.17, 15) is 9.90 Å². The fraction of sp³-hybridized carbons (Fsp3) is 0.435. The van der Waals surface area contributed by atoms with E-state index in [1.165, 1.54) is 21.3 Å². The summed E-state index contributed by atoms with van der Waals surface area (Å²) in [6.45, 7) is 2.09. The maximum absolute atomic E-state index is 12.2. The van der Waals surface area contributed by atoms with Gasteiger partial charge in [0, 0.05) is 11.8 Å². The number of hydrogen-bond acceptors (Lipinski definition) is 8. The standard InChI is InChI=1S/C23H28O8/c1-12-15(11-31-23(12)25)20(13-7-16(24)21(29-5)17(8-13)26-2)14-9-18(27-3)22(30-6)19(10-14)28-4/h7-10,12,15,20,24H,11H2,1-6H3. The average molecular weight is 432 g/mol. The number of carbonyl (C=O) groups is 1. The van der Waals surface area contributed by atoms with Crippen LogP contribution in [0.25, 0.3) is 0 Å². The second-order valence-corrected chi connectivity index (χ2v) is 7.29. The first kappa shape index (κ1) is 22.4. The number of cyclic esters (lactones) is 1. The minimum Gasteiger partial charge on any atom is -0.504 e. The van der Waals surface area contributed by atoms with Gasteiger partial charge in [0.1, 0.15) is 0 Å². The first-order chi connectivity index (χ1) is 14.9. The Morgan fingerprint density at radius 2 is 1.32 bits per heavy atom. The van der Waals surface area contributed by atoms with Crippen molar-refractivity contribution in [1.82, 2.24) is 0 Å². The summed E-state index contributed by atoms with van der Waals surface area (Å²) >= 11 is 0. The molecular formula is C23H28O8. The first-order valence-electron chi connectivity index (χ1n) is 9.81. The lowest BCUT2D eigenvalue weighted by atomic mass is 9.76. The third-order valence-electron chi connectivity index (χ3n) is 5.75. The quantitative estimate of drug-likeness (QED) is 0.635. The van der Waals surface area contributed by atoms with Gasteiger partial charge in [0.2, 0.25) is 11.5 Å². The molecule has 3 atom stereocenters. The zero-order chi connectivity index (χ0) is 22.7. The molecule has 0 saturated carbocycles. The average Bonchev–Trinajstić information content (AvgIpc) is 3.10. The molecule has 0 radical (unpaired) electrons. The molecule has 1 aliphatic rings. The molecule has 31 heavy (non-hydrogen) atoms. The van der Waals surface area contributed by atoms with Gasteiger partial charge in [-0.1, -0.05) is 6.92 Å². The summed E-state index contributed by atoms with van der Waals surface area (Å²) in [6, 6.07) is 7.09. The molecule has 1 aliphatic heterocycles. The van der Waals surface area contributed by atoms with Crippen molar-refractivity contribution in [2.24, 2.45) is 11.8 Å². The monoisotopic (exact) mass is 432 g/mol. The van der Waals surface area contributed by atoms with Gasteiger partial charge < -0.3 is 33.5 Å². The van der Waals surface area contributed by atoms with Crippen LogP contribution in [0.5, 0.6) is 34.5 Å². The van der Waals surface area contributed by atoms with Crippen LogP contribution in [0.3, 0.4) is 0 Å². The number of methoxy groups -OCH3 is 5. The minimum atomic E-state index is -0.348. The predicted molar refractivity (Wildman–Crippen MR) is 113 cm³/mol. The van der Waals surface area contributed by atoms with E-state index in [1.54, 1.807) is 26.4 Å². The summed E-state index contributed by atoms with van der Waals surface area (Å²) in [5, 5.41) is 10.6. The van der Waals surface area contributed by atoms with Gasteiger partial charge in [-0.25, -0.2) is 0 Å². The number of aromatic hydroxyl groups is 1. The van der Waals surface area contributed by atoms with Gasteiger partial charge in [0.05, 0.1) is 48.1 Å². The van der Waals surface area contributed by atoms with Gasteiger partial charge in [0.15, 0.2) is 23.0 Å². The molecular weight excluding hydrogens is 404 g/mol. The molecule has 8 heteroatoms. The van der Waals surface area contributed by atoms with Gasteiger partial charge in [0.25, 0.3) is 0 Å². The van der Waals surface area contributed by atoms with Crippen molar-refractivity contribution in [3.8, 4) is 34.5 Å². The van der Waals surface area contributed by atoms with Crippen LogP contribution in [-0.4, -0.2) is 53.2 Å². The Hall–Kier alpha value is -3.29. The Morgan fingerprint density at radius 3 is 1.74 bits per heavy atom. The van der Waals surface area contributed by atoms with Crippen molar-refractivity contribution in [1.29, 1.82) is 0 Å². The maximum Gasteiger partial charge on any atom is 0.309 e. The molecule has 168 valence electrons. The van der Waals surface area contributed by atoms with Crippen molar-refractivity contribution in [3.63, 3.8) is 0 Å². The van der Waals surface area contributed by atoms with Crippen molar-refractivity contribution in [2.75, 3.05) is 42.2 Å². The van der Waals surface area contributed by atoms with Crippen LogP contribution >= 0.6 is 0 Å². The lowest BCUT2D eigenvalue weighted by molar-refractivity contribution is -0.140. The number of carbonyl (C=O) groups excluding carboxylic acids is 1. The van der Waals surface area contributed by atoms with Crippen molar-refractivity contribution >= 4 is 5.97 Å². The molecule has 0 amide bonds. The van der Waals surface area contributed by atoms with Gasteiger partial charge in [-0.05, 0) is 35.4 Å². The molecule has 0 aliphatic carbocycles. The summed E-state index contributed by atoms with van der Waals surface area (Å²) < 4.78 is 32.5. The van der Waals surface area contributed by atoms with Crippen molar-refractivity contribution in [2.45, 2.75) is 12.8 Å². The summed E-state index contributed by atoms with van der Waals surface area (Å²) in [6.07, 6.45) is 0. The summed E-state index contributed by atoms with van der Waals surface area (Å²) in [4.78, 5) is 12.2. The Labute approximate surface area is 181 Å². The van der Waals surface area contributed by atoms with E-state index in [0.29, 0.717) is 23.0 Å². The second kappa shape index (κ2) is 9.24. The van der Waals surface area contributed by atoms with Gasteiger partial charge in [-0.2, -0.15) is 0 Å². The highest BCUT2D eigenvalue weighted by Gasteiger charge is 2.41. The molecule has 1 saturated heterocycles. The summed E-state index contributed by atoms with van der Waals surface area (Å²) in [5.41, 5.74) is 1.55. The molecule has 2 aromatic carbocycles. The van der Waals surface area contributed by atoms with Crippen molar-refractivity contribution < 1.29 is 38.3 Å². The summed E-state index contributed by atoms with van der Waals surface area (Å²) in [5.74, 6) is 0.880. The lowest BCUT2D eigenvalue weighted by Gasteiger charge is -2.27. The van der Waals surface area contributed by atoms with E-state index >= 15 is 0 Å². The van der Waals surface area contributed by atoms with Crippen LogP contribution in [0.4, 0.5) is 0 Å². The third kappa shape index (κ3) is 4.02. The van der Waals surface area contributed by atoms with Crippen LogP contribution < -0.4 is 23.7 Å². The van der Waals surface area contributed by atoms with Gasteiger partial charge in [-0.15, -0.1) is 0 Å². The molecule has 2 aromatic rings. The van der Waals surface area contributed by atoms with Crippen LogP contribution in [-0.2, 0) is 9.53 Å². The fourth-order valence-electron chi connectivity index (χ4n) is 4.13. The number of hydrogen-bond donors (Lipinski definition) is 1. The van der Waals surface area contributed by atoms with Gasteiger partial charge >= 0.3 is 5.97 Å². The fourth-order valence-corrected chi connectivity index (χ4v) is 4.13. The molecule has 3 unspecified atom stereocenters. The Balaban J connectivity index is 2.24. The zero-order valence-corrected chi connectivity index (χ0v) is 18.6. The van der Waals surface area contributed by atoms with Gasteiger partial charge in [-0.3, -0.25) is 4.79 Å². The van der Waals surface area contributed by atoms with Crippen LogP contribution in [0, 0.1) is 11.8 Å². The molecule has 1 fully saturated rings. The van der Waals surface area contributed by atoms with Crippen LogP contribution in [0.2, 0.25) is 0 Å². The molecule has 1 N–H and O–H groups in total. The Bertz CT molecular complexity index is 930. The number of rotatable bonds is 8. The number of esters is 1. The maximum atomic E-state index is 12.2. The van der Waals surface area contributed by atoms with E-state index in [4.69, 9.17) is 28.4 Å². The smallest absolute Gasteiger partial charge is 0.309 e. The number of ether oxygens (including phenoxy) is 6. The van der Waals surface area contributed by atoms with E-state index in [1.807, 2.05) is 19.1 Å². The molecule has 0 bridgehead atoms. The van der Waals surface area contributed by atoms with E-state index in [-0.39, 0.29) is 41.8 Å². The Morgan fingerprint density at radius 1 is 0.839 bits per heavy atom. The molecule has 8 nitrogen and oxygen atoms in total. The zero-order valence-electron chi connectivity index (χ0n) is 18.6. The minimum absolute atomic E-state index is 0.0628. The second-order valence-electron chi connectivity index (χ2n) is 7.29. The van der Waals surface area contributed by atoms with Crippen LogP contribution in [0.1, 0.15) is 24.0 Å².